The van der Waals surface area contributed by atoms with E-state index in [-0.39, 0.29) is 6.10 Å². The molecule has 1 aliphatic rings. The molecule has 2 N–H and O–H groups in total. The number of ether oxygens (including phenoxy) is 2. The molecule has 168 valence electrons. The van der Waals surface area contributed by atoms with Crippen LogP contribution in [0.1, 0.15) is 71.0 Å². The number of aliphatic hydroxyl groups is 1. The van der Waals surface area contributed by atoms with Gasteiger partial charge in [0.25, 0.3) is 0 Å². The van der Waals surface area contributed by atoms with Crippen LogP contribution in [0.3, 0.4) is 0 Å². The maximum Gasteiger partial charge on any atom is 0.407 e. The van der Waals surface area contributed by atoms with Gasteiger partial charge in [-0.15, -0.1) is 0 Å². The first kappa shape index (κ1) is 24.0. The summed E-state index contributed by atoms with van der Waals surface area (Å²) in [6.07, 6.45) is 0.796. The average Bonchev–Trinajstić information content (AvgIpc) is 2.63. The van der Waals surface area contributed by atoms with Crippen molar-refractivity contribution in [3.05, 3.63) is 35.1 Å². The van der Waals surface area contributed by atoms with Crippen LogP contribution < -0.4 is 5.32 Å². The molecule has 0 aliphatic heterocycles. The van der Waals surface area contributed by atoms with Crippen LogP contribution in [0, 0.1) is 17.5 Å². The van der Waals surface area contributed by atoms with Crippen LogP contribution in [0.5, 0.6) is 0 Å². The van der Waals surface area contributed by atoms with Gasteiger partial charge in [0.1, 0.15) is 23.6 Å². The van der Waals surface area contributed by atoms with Gasteiger partial charge in [0.15, 0.2) is 11.6 Å². The number of carbonyl (C=O) groups is 2. The van der Waals surface area contributed by atoms with E-state index in [9.17, 15) is 27.9 Å². The highest BCUT2D eigenvalue weighted by atomic mass is 19.2. The molecule has 1 aliphatic carbocycles. The molecular weight excluding hydrogens is 403 g/mol. The van der Waals surface area contributed by atoms with Gasteiger partial charge >= 0.3 is 12.1 Å². The Bertz CT molecular complexity index is 760. The van der Waals surface area contributed by atoms with Crippen LogP contribution in [0.15, 0.2) is 12.1 Å². The second kappa shape index (κ2) is 10.1. The van der Waals surface area contributed by atoms with Crippen LogP contribution in [0.2, 0.25) is 0 Å². The molecule has 1 fully saturated rings. The molecule has 0 radical (unpaired) electrons. The predicted molar refractivity (Wildman–Crippen MR) is 102 cm³/mol. The molecule has 0 bridgehead atoms. The summed E-state index contributed by atoms with van der Waals surface area (Å²) >= 11 is 0. The molecule has 30 heavy (non-hydrogen) atoms. The topological polar surface area (TPSA) is 84.9 Å². The highest BCUT2D eigenvalue weighted by Gasteiger charge is 2.31. The van der Waals surface area contributed by atoms with Gasteiger partial charge in [-0.2, -0.15) is 0 Å². The predicted octanol–water partition coefficient (Wildman–Crippen LogP) is 4.30. The van der Waals surface area contributed by atoms with Crippen LogP contribution in [0.25, 0.3) is 0 Å². The summed E-state index contributed by atoms with van der Waals surface area (Å²) < 4.78 is 51.5. The highest BCUT2D eigenvalue weighted by molar-refractivity contribution is 5.73. The lowest BCUT2D eigenvalue weighted by Crippen LogP contribution is -2.44. The number of rotatable bonds is 6. The zero-order chi connectivity index (χ0) is 22.5. The van der Waals surface area contributed by atoms with Gasteiger partial charge in [-0.05, 0) is 52.5 Å². The smallest absolute Gasteiger partial charge is 0.407 e. The number of carbonyl (C=O) groups excluding carboxylic acids is 2. The summed E-state index contributed by atoms with van der Waals surface area (Å²) in [5.41, 5.74) is -1.46. The van der Waals surface area contributed by atoms with Gasteiger partial charge in [0.2, 0.25) is 0 Å². The monoisotopic (exact) mass is 431 g/mol. The van der Waals surface area contributed by atoms with Crippen molar-refractivity contribution in [3.8, 4) is 0 Å². The Hall–Kier alpha value is -2.29. The molecular formula is C21H28F3NO5. The van der Waals surface area contributed by atoms with E-state index in [1.54, 1.807) is 20.8 Å². The van der Waals surface area contributed by atoms with E-state index >= 15 is 0 Å². The number of hydrogen-bond donors (Lipinski definition) is 2. The van der Waals surface area contributed by atoms with E-state index in [1.807, 2.05) is 0 Å². The number of halogens is 3. The molecule has 2 unspecified atom stereocenters. The molecule has 1 aromatic rings. The number of alkyl carbamates (subject to hydrolysis) is 1. The third-order valence-electron chi connectivity index (χ3n) is 4.68. The van der Waals surface area contributed by atoms with E-state index < -0.39 is 59.2 Å². The largest absolute Gasteiger partial charge is 0.462 e. The minimum atomic E-state index is -1.84. The van der Waals surface area contributed by atoms with Crippen LogP contribution in [0.4, 0.5) is 18.0 Å². The van der Waals surface area contributed by atoms with E-state index in [0.717, 1.165) is 32.1 Å². The molecule has 6 nitrogen and oxygen atoms in total. The summed E-state index contributed by atoms with van der Waals surface area (Å²) in [6.45, 7) is 4.85. The second-order valence-electron chi connectivity index (χ2n) is 8.44. The normalized spacial score (nSPS) is 17.2. The fourth-order valence-electron chi connectivity index (χ4n) is 3.28. The molecule has 2 atom stereocenters. The number of benzene rings is 1. The molecule has 0 saturated heterocycles. The van der Waals surface area contributed by atoms with Gasteiger partial charge in [0, 0.05) is 11.6 Å². The SMILES string of the molecule is CC(C)(C)OC(=O)NC(CC(=O)OC1CCCCC1)C(O)c1cc(F)c(F)cc1F. The van der Waals surface area contributed by atoms with Crippen molar-refractivity contribution in [2.75, 3.05) is 0 Å². The number of amides is 1. The van der Waals surface area contributed by atoms with E-state index in [2.05, 4.69) is 5.32 Å². The summed E-state index contributed by atoms with van der Waals surface area (Å²) in [5, 5.41) is 12.9. The van der Waals surface area contributed by atoms with E-state index in [1.165, 1.54) is 0 Å². The molecule has 0 heterocycles. The van der Waals surface area contributed by atoms with Crippen molar-refractivity contribution < 1.29 is 37.3 Å². The van der Waals surface area contributed by atoms with Gasteiger partial charge < -0.3 is 19.9 Å². The maximum absolute atomic E-state index is 14.1. The number of esters is 1. The quantitative estimate of drug-likeness (QED) is 0.518. The van der Waals surface area contributed by atoms with E-state index in [0.29, 0.717) is 12.1 Å². The first-order chi connectivity index (χ1) is 14.0. The molecule has 1 saturated carbocycles. The van der Waals surface area contributed by atoms with Crippen molar-refractivity contribution in [2.24, 2.45) is 0 Å². The Labute approximate surface area is 173 Å². The summed E-state index contributed by atoms with van der Waals surface area (Å²) in [6, 6.07) is -0.597. The lowest BCUT2D eigenvalue weighted by molar-refractivity contribution is -0.151. The number of aliphatic hydroxyl groups excluding tert-OH is 1. The van der Waals surface area contributed by atoms with Crippen molar-refractivity contribution in [2.45, 2.75) is 83.1 Å². The zero-order valence-corrected chi connectivity index (χ0v) is 17.3. The minimum Gasteiger partial charge on any atom is -0.462 e. The Morgan fingerprint density at radius 1 is 1.10 bits per heavy atom. The van der Waals surface area contributed by atoms with Gasteiger partial charge in [-0.3, -0.25) is 4.79 Å². The van der Waals surface area contributed by atoms with Crippen LogP contribution in [-0.2, 0) is 14.3 Å². The summed E-state index contributed by atoms with van der Waals surface area (Å²) in [4.78, 5) is 24.5. The zero-order valence-electron chi connectivity index (χ0n) is 17.3. The molecule has 2 rings (SSSR count). The van der Waals surface area contributed by atoms with Gasteiger partial charge in [-0.1, -0.05) is 6.42 Å². The Morgan fingerprint density at radius 2 is 1.70 bits per heavy atom. The lowest BCUT2D eigenvalue weighted by atomic mass is 9.97. The van der Waals surface area contributed by atoms with Crippen LogP contribution in [-0.4, -0.2) is 34.9 Å². The second-order valence-corrected chi connectivity index (χ2v) is 8.44. The van der Waals surface area contributed by atoms with Crippen LogP contribution >= 0.6 is 0 Å². The minimum absolute atomic E-state index is 0.259. The number of nitrogens with one attached hydrogen (secondary N) is 1. The fourth-order valence-corrected chi connectivity index (χ4v) is 3.28. The summed E-state index contributed by atoms with van der Waals surface area (Å²) in [7, 11) is 0. The molecule has 0 aromatic heterocycles. The van der Waals surface area contributed by atoms with Crippen molar-refractivity contribution in [1.29, 1.82) is 0 Å². The Morgan fingerprint density at radius 3 is 2.30 bits per heavy atom. The van der Waals surface area contributed by atoms with Crippen molar-refractivity contribution in [3.63, 3.8) is 0 Å². The van der Waals surface area contributed by atoms with Gasteiger partial charge in [0.05, 0.1) is 12.5 Å². The molecule has 9 heteroatoms. The maximum atomic E-state index is 14.1. The molecule has 1 aromatic carbocycles. The van der Waals surface area contributed by atoms with E-state index in [4.69, 9.17) is 9.47 Å². The standard InChI is InChI=1S/C21H28F3NO5/c1-21(2,3)30-20(28)25-17(11-18(26)29-12-7-5-4-6-8-12)19(27)13-9-15(23)16(24)10-14(13)22/h9-10,12,17,19,27H,4-8,11H2,1-3H3,(H,25,28). The lowest BCUT2D eigenvalue weighted by Gasteiger charge is -2.28. The third kappa shape index (κ3) is 7.19. The fraction of sp³-hybridized carbons (Fsp3) is 0.619. The van der Waals surface area contributed by atoms with Gasteiger partial charge in [-0.25, -0.2) is 18.0 Å². The number of hydrogen-bond acceptors (Lipinski definition) is 5. The first-order valence-electron chi connectivity index (χ1n) is 9.98. The highest BCUT2D eigenvalue weighted by Crippen LogP contribution is 2.26. The summed E-state index contributed by atoms with van der Waals surface area (Å²) in [5.74, 6) is -4.70. The molecule has 1 amide bonds. The first-order valence-corrected chi connectivity index (χ1v) is 9.98. The third-order valence-corrected chi connectivity index (χ3v) is 4.68. The Balaban J connectivity index is 2.18. The molecule has 0 spiro atoms. The average molecular weight is 431 g/mol. The van der Waals surface area contributed by atoms with Crippen molar-refractivity contribution in [1.82, 2.24) is 5.32 Å². The van der Waals surface area contributed by atoms with Crippen molar-refractivity contribution >= 4 is 12.1 Å². The Kier molecular flexibility index (Phi) is 8.11.